The molecule has 3 atom stereocenters. The van der Waals surface area contributed by atoms with E-state index >= 15 is 0 Å². The Hall–Kier alpha value is -1.92. The van der Waals surface area contributed by atoms with Gasteiger partial charge in [-0.2, -0.15) is 0 Å². The van der Waals surface area contributed by atoms with Gasteiger partial charge in [0.15, 0.2) is 5.01 Å². The van der Waals surface area contributed by atoms with Crippen molar-refractivity contribution in [3.8, 4) is 10.4 Å². The molecule has 2 unspecified atom stereocenters. The molecule has 2 aliphatic heterocycles. The minimum Gasteiger partial charge on any atom is -0.399 e. The number of nitrogens with one attached hydrogen (secondary N) is 1. The van der Waals surface area contributed by atoms with Gasteiger partial charge < -0.3 is 16.0 Å². The summed E-state index contributed by atoms with van der Waals surface area (Å²) in [5.74, 6) is 0.561. The molecule has 1 aromatic carbocycles. The van der Waals surface area contributed by atoms with E-state index in [1.165, 1.54) is 24.3 Å². The van der Waals surface area contributed by atoms with Gasteiger partial charge >= 0.3 is 0 Å². The Morgan fingerprint density at radius 2 is 2.14 bits per heavy atom. The lowest BCUT2D eigenvalue weighted by Gasteiger charge is -2.22. The van der Waals surface area contributed by atoms with Crippen molar-refractivity contribution in [1.29, 1.82) is 0 Å². The van der Waals surface area contributed by atoms with Crippen LogP contribution in [0.1, 0.15) is 16.2 Å². The predicted octanol–water partition coefficient (Wildman–Crippen LogP) is 1.83. The minimum atomic E-state index is -0.0505. The smallest absolute Gasteiger partial charge is 0.280 e. The van der Waals surface area contributed by atoms with Crippen LogP contribution in [0.4, 0.5) is 5.69 Å². The summed E-state index contributed by atoms with van der Waals surface area (Å²) < 4.78 is 0. The van der Waals surface area contributed by atoms with Gasteiger partial charge in [-0.1, -0.05) is 12.1 Å². The monoisotopic (exact) mass is 314 g/mol. The second-order valence-corrected chi connectivity index (χ2v) is 7.07. The number of thiazole rings is 1. The Morgan fingerprint density at radius 3 is 2.82 bits per heavy atom. The normalized spacial score (nSPS) is 26.3. The van der Waals surface area contributed by atoms with Crippen molar-refractivity contribution in [2.45, 2.75) is 12.5 Å². The molecule has 5 nitrogen and oxygen atoms in total. The Morgan fingerprint density at radius 1 is 1.32 bits per heavy atom. The third kappa shape index (κ3) is 2.48. The zero-order valence-electron chi connectivity index (χ0n) is 12.2. The molecule has 1 aromatic heterocycles. The molecule has 0 saturated carbocycles. The Kier molecular flexibility index (Phi) is 3.35. The van der Waals surface area contributed by atoms with Gasteiger partial charge in [0.05, 0.1) is 4.88 Å². The highest BCUT2D eigenvalue weighted by atomic mass is 32.1. The van der Waals surface area contributed by atoms with Crippen LogP contribution in [-0.4, -0.2) is 41.5 Å². The second kappa shape index (κ2) is 5.37. The maximum atomic E-state index is 12.4. The van der Waals surface area contributed by atoms with Crippen LogP contribution in [0.15, 0.2) is 30.5 Å². The van der Waals surface area contributed by atoms with Crippen molar-refractivity contribution in [2.24, 2.45) is 5.92 Å². The fourth-order valence-corrected chi connectivity index (χ4v) is 4.16. The highest BCUT2D eigenvalue weighted by Gasteiger charge is 2.38. The van der Waals surface area contributed by atoms with Crippen molar-refractivity contribution >= 4 is 22.9 Å². The van der Waals surface area contributed by atoms with Crippen LogP contribution in [0.3, 0.4) is 0 Å². The van der Waals surface area contributed by atoms with Crippen molar-refractivity contribution in [3.63, 3.8) is 0 Å². The summed E-state index contributed by atoms with van der Waals surface area (Å²) in [6, 6.07) is 7.91. The highest BCUT2D eigenvalue weighted by Crippen LogP contribution is 2.29. The molecule has 2 bridgehead atoms. The molecular formula is C16H18N4OS. The number of carbonyl (C=O) groups excluding carboxylic acids is 1. The van der Waals surface area contributed by atoms with Crippen LogP contribution in [-0.2, 0) is 0 Å². The van der Waals surface area contributed by atoms with Crippen LogP contribution in [0.2, 0.25) is 0 Å². The first-order valence-corrected chi connectivity index (χ1v) is 8.35. The maximum Gasteiger partial charge on any atom is 0.280 e. The van der Waals surface area contributed by atoms with Crippen LogP contribution in [0.25, 0.3) is 10.4 Å². The van der Waals surface area contributed by atoms with Gasteiger partial charge in [0.25, 0.3) is 5.91 Å². The molecule has 0 aliphatic carbocycles. The van der Waals surface area contributed by atoms with E-state index < -0.39 is 0 Å². The molecule has 22 heavy (non-hydrogen) atoms. The van der Waals surface area contributed by atoms with Crippen LogP contribution >= 0.6 is 11.3 Å². The largest absolute Gasteiger partial charge is 0.399 e. The summed E-state index contributed by atoms with van der Waals surface area (Å²) in [6.07, 6.45) is 2.95. The molecule has 2 aliphatic rings. The Balaban J connectivity index is 1.46. The fourth-order valence-electron chi connectivity index (χ4n) is 3.34. The number of nitrogens with zero attached hydrogens (tertiary/aromatic N) is 2. The second-order valence-electron chi connectivity index (χ2n) is 6.04. The summed E-state index contributed by atoms with van der Waals surface area (Å²) in [4.78, 5) is 20.1. The lowest BCUT2D eigenvalue weighted by Crippen LogP contribution is -2.43. The van der Waals surface area contributed by atoms with Crippen LogP contribution in [0, 0.1) is 5.92 Å². The van der Waals surface area contributed by atoms with Gasteiger partial charge in [-0.3, -0.25) is 4.79 Å². The van der Waals surface area contributed by atoms with Gasteiger partial charge in [0.1, 0.15) is 0 Å². The summed E-state index contributed by atoms with van der Waals surface area (Å²) in [6.45, 7) is 3.28. The van der Waals surface area contributed by atoms with Gasteiger partial charge in [0.2, 0.25) is 0 Å². The lowest BCUT2D eigenvalue weighted by molar-refractivity contribution is 0.0924. The van der Waals surface area contributed by atoms with Crippen LogP contribution < -0.4 is 11.1 Å². The van der Waals surface area contributed by atoms with Gasteiger partial charge in [-0.25, -0.2) is 4.98 Å². The van der Waals surface area contributed by atoms with Crippen molar-refractivity contribution in [2.75, 3.05) is 25.4 Å². The van der Waals surface area contributed by atoms with Crippen molar-refractivity contribution in [3.05, 3.63) is 35.5 Å². The van der Waals surface area contributed by atoms with Crippen molar-refractivity contribution < 1.29 is 4.79 Å². The van der Waals surface area contributed by atoms with Gasteiger partial charge in [-0.15, -0.1) is 11.3 Å². The third-order valence-electron chi connectivity index (χ3n) is 4.54. The zero-order valence-corrected chi connectivity index (χ0v) is 13.0. The standard InChI is InChI=1S/C16H18N4OS/c17-12-3-1-10(2-4-12)14-7-18-16(22-14)15(21)19-13-9-20-6-5-11(13)8-20/h1-4,7,11,13H,5-6,8-9,17H2,(H,19,21)/t11-,13?/m0/s1. The number of anilines is 1. The summed E-state index contributed by atoms with van der Waals surface area (Å²) in [7, 11) is 0. The van der Waals surface area contributed by atoms with E-state index in [0.717, 1.165) is 29.2 Å². The number of benzene rings is 1. The number of fused-ring (bicyclic) bond motifs is 2. The van der Waals surface area contributed by atoms with E-state index in [2.05, 4.69) is 15.2 Å². The Labute approximate surface area is 133 Å². The van der Waals surface area contributed by atoms with Gasteiger partial charge in [0, 0.05) is 31.0 Å². The fraction of sp³-hybridized carbons (Fsp3) is 0.375. The summed E-state index contributed by atoms with van der Waals surface area (Å²) in [5.41, 5.74) is 7.47. The number of nitrogen functional groups attached to an aromatic ring is 1. The molecule has 2 aromatic rings. The van der Waals surface area contributed by atoms with E-state index in [4.69, 9.17) is 5.73 Å². The topological polar surface area (TPSA) is 71.2 Å². The molecule has 3 heterocycles. The number of hydrogen-bond donors (Lipinski definition) is 2. The van der Waals surface area contributed by atoms with E-state index in [-0.39, 0.29) is 11.9 Å². The number of piperidine rings is 1. The third-order valence-corrected chi connectivity index (χ3v) is 5.59. The average Bonchev–Trinajstić information content (AvgIpc) is 3.24. The molecule has 3 N–H and O–H groups in total. The summed E-state index contributed by atoms with van der Waals surface area (Å²) >= 11 is 1.43. The number of amides is 1. The molecule has 2 saturated heterocycles. The molecule has 2 fully saturated rings. The first kappa shape index (κ1) is 13.7. The predicted molar refractivity (Wildman–Crippen MR) is 87.8 cm³/mol. The minimum absolute atomic E-state index is 0.0505. The summed E-state index contributed by atoms with van der Waals surface area (Å²) in [5, 5.41) is 3.68. The molecular weight excluding hydrogens is 296 g/mol. The molecule has 6 heteroatoms. The SMILES string of the molecule is Nc1ccc(-c2cnc(C(=O)NC3CN4CC[C@H]3C4)s2)cc1. The highest BCUT2D eigenvalue weighted by molar-refractivity contribution is 7.16. The van der Waals surface area contributed by atoms with Crippen LogP contribution in [0.5, 0.6) is 0 Å². The first-order chi connectivity index (χ1) is 10.7. The molecule has 1 amide bonds. The van der Waals surface area contributed by atoms with E-state index in [1.807, 2.05) is 24.3 Å². The number of nitrogens with two attached hydrogens (primary N) is 1. The molecule has 114 valence electrons. The van der Waals surface area contributed by atoms with E-state index in [0.29, 0.717) is 10.9 Å². The first-order valence-electron chi connectivity index (χ1n) is 7.54. The number of carbonyl (C=O) groups is 1. The van der Waals surface area contributed by atoms with Crippen molar-refractivity contribution in [1.82, 2.24) is 15.2 Å². The maximum absolute atomic E-state index is 12.4. The molecule has 4 rings (SSSR count). The molecule has 0 radical (unpaired) electrons. The zero-order chi connectivity index (χ0) is 15.1. The molecule has 0 spiro atoms. The lowest BCUT2D eigenvalue weighted by atomic mass is 10.0. The quantitative estimate of drug-likeness (QED) is 0.848. The number of rotatable bonds is 3. The van der Waals surface area contributed by atoms with E-state index in [9.17, 15) is 4.79 Å². The Bertz CT molecular complexity index is 696. The average molecular weight is 314 g/mol. The number of aromatic nitrogens is 1. The van der Waals surface area contributed by atoms with E-state index in [1.54, 1.807) is 6.20 Å². The van der Waals surface area contributed by atoms with Gasteiger partial charge in [-0.05, 0) is 36.6 Å². The number of hydrogen-bond acceptors (Lipinski definition) is 5.